The molecule has 0 atom stereocenters. The van der Waals surface area contributed by atoms with E-state index < -0.39 is 0 Å². The van der Waals surface area contributed by atoms with Crippen LogP contribution in [0.4, 0.5) is 5.69 Å². The molecule has 1 fully saturated rings. The standard InChI is InChI=1S/C18H16N2O2S/c1-12-6-8-14(9-7-12)19-18-20(2)17(22)16(23-18)11-13-4-3-5-15(21)10-13/h3-11,21H,1-2H3/b16-11+,19-18?. The highest BCUT2D eigenvalue weighted by molar-refractivity contribution is 8.18. The molecule has 2 aromatic rings. The number of rotatable bonds is 2. The molecule has 2 aromatic carbocycles. The molecule has 1 N–H and O–H groups in total. The Morgan fingerprint density at radius 1 is 1.17 bits per heavy atom. The fraction of sp³-hybridized carbons (Fsp3) is 0.111. The van der Waals surface area contributed by atoms with Crippen molar-refractivity contribution in [1.82, 2.24) is 4.90 Å². The fourth-order valence-electron chi connectivity index (χ4n) is 2.15. The first kappa shape index (κ1) is 15.4. The molecule has 1 aliphatic rings. The molecule has 1 aliphatic heterocycles. The summed E-state index contributed by atoms with van der Waals surface area (Å²) in [5, 5.41) is 10.2. The summed E-state index contributed by atoms with van der Waals surface area (Å²) in [5.41, 5.74) is 2.77. The number of likely N-dealkylation sites (N-methyl/N-ethyl adjacent to an activating group) is 1. The monoisotopic (exact) mass is 324 g/mol. The third-order valence-electron chi connectivity index (χ3n) is 3.43. The van der Waals surface area contributed by atoms with Crippen LogP contribution in [0.1, 0.15) is 11.1 Å². The number of aromatic hydroxyl groups is 1. The van der Waals surface area contributed by atoms with Gasteiger partial charge in [0.15, 0.2) is 5.17 Å². The van der Waals surface area contributed by atoms with Gasteiger partial charge >= 0.3 is 0 Å². The van der Waals surface area contributed by atoms with Gasteiger partial charge in [0, 0.05) is 7.05 Å². The average Bonchev–Trinajstić information content (AvgIpc) is 2.78. The summed E-state index contributed by atoms with van der Waals surface area (Å²) in [5.74, 6) is 0.0842. The van der Waals surface area contributed by atoms with E-state index in [-0.39, 0.29) is 11.7 Å². The van der Waals surface area contributed by atoms with Gasteiger partial charge in [-0.25, -0.2) is 4.99 Å². The number of phenolic OH excluding ortho intramolecular Hbond substituents is 1. The highest BCUT2D eigenvalue weighted by Crippen LogP contribution is 2.33. The van der Waals surface area contributed by atoms with Crippen molar-refractivity contribution in [1.29, 1.82) is 0 Å². The second kappa shape index (κ2) is 6.30. The van der Waals surface area contributed by atoms with Crippen LogP contribution in [0.3, 0.4) is 0 Å². The minimum absolute atomic E-state index is 0.0933. The van der Waals surface area contributed by atoms with Crippen LogP contribution < -0.4 is 0 Å². The van der Waals surface area contributed by atoms with E-state index in [0.717, 1.165) is 11.3 Å². The molecule has 3 rings (SSSR count). The maximum absolute atomic E-state index is 12.3. The lowest BCUT2D eigenvalue weighted by atomic mass is 10.2. The van der Waals surface area contributed by atoms with Gasteiger partial charge in [-0.3, -0.25) is 9.69 Å². The van der Waals surface area contributed by atoms with Gasteiger partial charge in [-0.2, -0.15) is 0 Å². The third-order valence-corrected chi connectivity index (χ3v) is 4.49. The number of phenols is 1. The summed E-state index contributed by atoms with van der Waals surface area (Å²) in [4.78, 5) is 19.0. The van der Waals surface area contributed by atoms with E-state index in [4.69, 9.17) is 0 Å². The summed E-state index contributed by atoms with van der Waals surface area (Å²) >= 11 is 1.33. The zero-order chi connectivity index (χ0) is 16.4. The summed E-state index contributed by atoms with van der Waals surface area (Å²) in [6.45, 7) is 2.02. The van der Waals surface area contributed by atoms with Crippen molar-refractivity contribution >= 4 is 34.6 Å². The van der Waals surface area contributed by atoms with E-state index in [0.29, 0.717) is 10.1 Å². The number of amides is 1. The minimum Gasteiger partial charge on any atom is -0.508 e. The number of carbonyl (C=O) groups is 1. The molecule has 0 saturated carbocycles. The Morgan fingerprint density at radius 3 is 2.61 bits per heavy atom. The van der Waals surface area contributed by atoms with Gasteiger partial charge in [0.25, 0.3) is 5.91 Å². The Hall–Kier alpha value is -2.53. The molecular formula is C18H16N2O2S. The van der Waals surface area contributed by atoms with Gasteiger partial charge < -0.3 is 5.11 Å². The van der Waals surface area contributed by atoms with Crippen LogP contribution in [0, 0.1) is 6.92 Å². The Morgan fingerprint density at radius 2 is 1.91 bits per heavy atom. The molecule has 116 valence electrons. The Labute approximate surface area is 139 Å². The molecule has 1 amide bonds. The molecule has 5 heteroatoms. The van der Waals surface area contributed by atoms with Crippen LogP contribution in [-0.4, -0.2) is 28.1 Å². The predicted molar refractivity (Wildman–Crippen MR) is 94.7 cm³/mol. The maximum Gasteiger partial charge on any atom is 0.266 e. The zero-order valence-electron chi connectivity index (χ0n) is 12.9. The molecule has 4 nitrogen and oxygen atoms in total. The molecule has 0 unspecified atom stereocenters. The topological polar surface area (TPSA) is 52.9 Å². The number of amidine groups is 1. The second-order valence-electron chi connectivity index (χ2n) is 5.30. The quantitative estimate of drug-likeness (QED) is 0.852. The summed E-state index contributed by atoms with van der Waals surface area (Å²) in [6, 6.07) is 14.6. The maximum atomic E-state index is 12.3. The lowest BCUT2D eigenvalue weighted by Crippen LogP contribution is -2.23. The molecular weight excluding hydrogens is 308 g/mol. The van der Waals surface area contributed by atoms with Crippen LogP contribution in [-0.2, 0) is 4.79 Å². The van der Waals surface area contributed by atoms with E-state index in [2.05, 4.69) is 4.99 Å². The van der Waals surface area contributed by atoms with Gasteiger partial charge in [-0.05, 0) is 54.6 Å². The highest BCUT2D eigenvalue weighted by atomic mass is 32.2. The van der Waals surface area contributed by atoms with E-state index in [1.807, 2.05) is 37.3 Å². The first-order valence-electron chi connectivity index (χ1n) is 7.15. The molecule has 0 aromatic heterocycles. The lowest BCUT2D eigenvalue weighted by molar-refractivity contribution is -0.121. The van der Waals surface area contributed by atoms with Gasteiger partial charge in [-0.1, -0.05) is 29.8 Å². The number of aryl methyl sites for hydroxylation is 1. The highest BCUT2D eigenvalue weighted by Gasteiger charge is 2.30. The number of hydrogen-bond donors (Lipinski definition) is 1. The zero-order valence-corrected chi connectivity index (χ0v) is 13.7. The minimum atomic E-state index is -0.0933. The number of nitrogens with zero attached hydrogens (tertiary/aromatic N) is 2. The number of aliphatic imine (C=N–C) groups is 1. The van der Waals surface area contributed by atoms with Crippen molar-refractivity contribution in [3.8, 4) is 5.75 Å². The average molecular weight is 324 g/mol. The van der Waals surface area contributed by atoms with Crippen molar-refractivity contribution in [2.45, 2.75) is 6.92 Å². The lowest BCUT2D eigenvalue weighted by Gasteiger charge is -2.07. The SMILES string of the molecule is Cc1ccc(N=C2S/C(=C/c3cccc(O)c3)C(=O)N2C)cc1. The molecule has 0 radical (unpaired) electrons. The smallest absolute Gasteiger partial charge is 0.266 e. The number of thioether (sulfide) groups is 1. The molecule has 0 aliphatic carbocycles. The van der Waals surface area contributed by atoms with Gasteiger partial charge in [0.2, 0.25) is 0 Å². The molecule has 1 saturated heterocycles. The molecule has 23 heavy (non-hydrogen) atoms. The van der Waals surface area contributed by atoms with Gasteiger partial charge in [0.1, 0.15) is 5.75 Å². The van der Waals surface area contributed by atoms with Crippen molar-refractivity contribution in [3.05, 3.63) is 64.6 Å². The van der Waals surface area contributed by atoms with Crippen molar-refractivity contribution in [3.63, 3.8) is 0 Å². The third kappa shape index (κ3) is 3.46. The van der Waals surface area contributed by atoms with E-state index in [1.54, 1.807) is 36.2 Å². The Kier molecular flexibility index (Phi) is 4.21. The molecule has 0 spiro atoms. The first-order valence-corrected chi connectivity index (χ1v) is 7.96. The summed E-state index contributed by atoms with van der Waals surface area (Å²) < 4.78 is 0. The molecule has 1 heterocycles. The van der Waals surface area contributed by atoms with Gasteiger partial charge in [0.05, 0.1) is 10.6 Å². The Balaban J connectivity index is 1.89. The number of benzene rings is 2. The summed E-state index contributed by atoms with van der Waals surface area (Å²) in [6.07, 6.45) is 1.76. The van der Waals surface area contributed by atoms with E-state index in [9.17, 15) is 9.90 Å². The first-order chi connectivity index (χ1) is 11.0. The van der Waals surface area contributed by atoms with Crippen LogP contribution in [0.15, 0.2) is 58.4 Å². The molecule has 0 bridgehead atoms. The van der Waals surface area contributed by atoms with Gasteiger partial charge in [-0.15, -0.1) is 0 Å². The van der Waals surface area contributed by atoms with E-state index in [1.165, 1.54) is 17.3 Å². The predicted octanol–water partition coefficient (Wildman–Crippen LogP) is 3.93. The second-order valence-corrected chi connectivity index (χ2v) is 6.31. The van der Waals surface area contributed by atoms with Crippen LogP contribution in [0.25, 0.3) is 6.08 Å². The Bertz CT molecular complexity index is 810. The van der Waals surface area contributed by atoms with Crippen LogP contribution >= 0.6 is 11.8 Å². The number of carbonyl (C=O) groups excluding carboxylic acids is 1. The normalized spacial score (nSPS) is 18.2. The summed E-state index contributed by atoms with van der Waals surface area (Å²) in [7, 11) is 1.71. The van der Waals surface area contributed by atoms with Crippen LogP contribution in [0.5, 0.6) is 5.75 Å². The fourth-order valence-corrected chi connectivity index (χ4v) is 3.13. The number of hydrogen-bond acceptors (Lipinski definition) is 4. The largest absolute Gasteiger partial charge is 0.508 e. The van der Waals surface area contributed by atoms with Crippen molar-refractivity contribution in [2.75, 3.05) is 7.05 Å². The van der Waals surface area contributed by atoms with Crippen LogP contribution in [0.2, 0.25) is 0 Å². The van der Waals surface area contributed by atoms with E-state index >= 15 is 0 Å². The van der Waals surface area contributed by atoms with Crippen molar-refractivity contribution < 1.29 is 9.90 Å². The van der Waals surface area contributed by atoms with Crippen molar-refractivity contribution in [2.24, 2.45) is 4.99 Å².